The number of furan rings is 1. The highest BCUT2D eigenvalue weighted by Crippen LogP contribution is 2.23. The summed E-state index contributed by atoms with van der Waals surface area (Å²) in [6, 6.07) is 1.80. The molecular weight excluding hydrogens is 272 g/mol. The topological polar surface area (TPSA) is 96.7 Å². The Labute approximate surface area is 119 Å². The van der Waals surface area contributed by atoms with E-state index in [1.807, 2.05) is 13.8 Å². The number of hydrogen-bond donors (Lipinski definition) is 2. The minimum Gasteiger partial charge on any atom is -0.469 e. The number of imidazole rings is 1. The van der Waals surface area contributed by atoms with E-state index in [1.54, 1.807) is 12.3 Å². The maximum absolute atomic E-state index is 11.9. The lowest BCUT2D eigenvalue weighted by molar-refractivity contribution is 0.517. The van der Waals surface area contributed by atoms with Crippen LogP contribution in [0.1, 0.15) is 26.0 Å². The monoisotopic (exact) mass is 288 g/mol. The van der Waals surface area contributed by atoms with Crippen molar-refractivity contribution in [3.8, 4) is 11.4 Å². The van der Waals surface area contributed by atoms with Crippen molar-refractivity contribution in [3.05, 3.63) is 38.9 Å². The molecule has 3 rings (SSSR count). The predicted octanol–water partition coefficient (Wildman–Crippen LogP) is 1.65. The van der Waals surface area contributed by atoms with Gasteiger partial charge in [-0.15, -0.1) is 0 Å². The molecule has 21 heavy (non-hydrogen) atoms. The van der Waals surface area contributed by atoms with Gasteiger partial charge in [0.2, 0.25) is 0 Å². The standard InChI is InChI=1S/C14H16N4O3/c1-3-6-18-12-10(13(19)17-14(18)20)15-11(16-12)8-5-7-21-9(8)4-2/h5,7H,3-4,6H2,1-2H3,(H,15,16)(H,17,19,20). The Morgan fingerprint density at radius 1 is 1.29 bits per heavy atom. The zero-order valence-electron chi connectivity index (χ0n) is 11.9. The second kappa shape index (κ2) is 5.08. The van der Waals surface area contributed by atoms with Crippen LogP contribution in [-0.4, -0.2) is 19.5 Å². The maximum Gasteiger partial charge on any atom is 0.330 e. The van der Waals surface area contributed by atoms with Crippen molar-refractivity contribution in [2.24, 2.45) is 0 Å². The molecule has 0 aromatic carbocycles. The molecule has 3 aromatic heterocycles. The summed E-state index contributed by atoms with van der Waals surface area (Å²) in [7, 11) is 0. The smallest absolute Gasteiger partial charge is 0.330 e. The maximum atomic E-state index is 11.9. The first-order chi connectivity index (χ1) is 10.2. The van der Waals surface area contributed by atoms with Crippen molar-refractivity contribution in [3.63, 3.8) is 0 Å². The number of hydrogen-bond acceptors (Lipinski definition) is 4. The lowest BCUT2D eigenvalue weighted by atomic mass is 10.2. The molecule has 3 heterocycles. The number of aromatic amines is 2. The second-order valence-electron chi connectivity index (χ2n) is 4.81. The zero-order valence-corrected chi connectivity index (χ0v) is 11.9. The third-order valence-electron chi connectivity index (χ3n) is 3.40. The molecule has 3 aromatic rings. The van der Waals surface area contributed by atoms with Crippen LogP contribution in [0.4, 0.5) is 0 Å². The highest BCUT2D eigenvalue weighted by atomic mass is 16.3. The van der Waals surface area contributed by atoms with Gasteiger partial charge < -0.3 is 9.40 Å². The first-order valence-corrected chi connectivity index (χ1v) is 6.95. The van der Waals surface area contributed by atoms with Gasteiger partial charge in [-0.05, 0) is 12.5 Å². The molecule has 0 atom stereocenters. The van der Waals surface area contributed by atoms with Gasteiger partial charge in [-0.2, -0.15) is 0 Å². The van der Waals surface area contributed by atoms with E-state index in [2.05, 4.69) is 15.0 Å². The minimum absolute atomic E-state index is 0.307. The lowest BCUT2D eigenvalue weighted by Gasteiger charge is -2.02. The molecule has 0 fully saturated rings. The molecule has 7 nitrogen and oxygen atoms in total. The van der Waals surface area contributed by atoms with Gasteiger partial charge in [-0.3, -0.25) is 14.3 Å². The van der Waals surface area contributed by atoms with Crippen LogP contribution in [0.15, 0.2) is 26.3 Å². The van der Waals surface area contributed by atoms with E-state index < -0.39 is 11.2 Å². The largest absolute Gasteiger partial charge is 0.469 e. The van der Waals surface area contributed by atoms with Gasteiger partial charge in [0, 0.05) is 13.0 Å². The van der Waals surface area contributed by atoms with E-state index in [9.17, 15) is 9.59 Å². The average molecular weight is 288 g/mol. The van der Waals surface area contributed by atoms with E-state index in [0.29, 0.717) is 23.5 Å². The number of aryl methyl sites for hydroxylation is 2. The molecule has 2 N–H and O–H groups in total. The molecule has 0 saturated carbocycles. The van der Waals surface area contributed by atoms with Crippen molar-refractivity contribution < 1.29 is 4.42 Å². The van der Waals surface area contributed by atoms with Crippen molar-refractivity contribution in [1.29, 1.82) is 0 Å². The summed E-state index contributed by atoms with van der Waals surface area (Å²) >= 11 is 0. The summed E-state index contributed by atoms with van der Waals surface area (Å²) in [6.45, 7) is 4.44. The normalized spacial score (nSPS) is 11.3. The van der Waals surface area contributed by atoms with Crippen LogP contribution < -0.4 is 11.2 Å². The van der Waals surface area contributed by atoms with E-state index in [0.717, 1.165) is 24.2 Å². The molecule has 0 aliphatic carbocycles. The summed E-state index contributed by atoms with van der Waals surface area (Å²) in [5.74, 6) is 1.33. The summed E-state index contributed by atoms with van der Waals surface area (Å²) < 4.78 is 6.86. The van der Waals surface area contributed by atoms with E-state index in [-0.39, 0.29) is 0 Å². The molecule has 0 amide bonds. The van der Waals surface area contributed by atoms with E-state index in [4.69, 9.17) is 4.42 Å². The summed E-state index contributed by atoms with van der Waals surface area (Å²) in [4.78, 5) is 33.6. The first-order valence-electron chi connectivity index (χ1n) is 6.95. The Morgan fingerprint density at radius 3 is 2.81 bits per heavy atom. The Balaban J connectivity index is 2.29. The molecule has 0 spiro atoms. The number of rotatable bonds is 4. The number of fused-ring (bicyclic) bond motifs is 1. The molecule has 0 radical (unpaired) electrons. The first kappa shape index (κ1) is 13.4. The number of nitrogens with zero attached hydrogens (tertiary/aromatic N) is 2. The second-order valence-corrected chi connectivity index (χ2v) is 4.81. The third-order valence-corrected chi connectivity index (χ3v) is 3.40. The zero-order chi connectivity index (χ0) is 15.0. The summed E-state index contributed by atoms with van der Waals surface area (Å²) in [6.07, 6.45) is 3.08. The SMILES string of the molecule is CCCn1c(=O)[nH]c(=O)c2[nH]c(-c3ccoc3CC)nc21. The molecule has 7 heteroatoms. The van der Waals surface area contributed by atoms with Gasteiger partial charge in [0.25, 0.3) is 5.56 Å². The number of nitrogens with one attached hydrogen (secondary N) is 2. The fourth-order valence-corrected chi connectivity index (χ4v) is 2.42. The number of H-pyrrole nitrogens is 2. The van der Waals surface area contributed by atoms with Crippen molar-refractivity contribution in [1.82, 2.24) is 19.5 Å². The molecule has 0 aliphatic rings. The van der Waals surface area contributed by atoms with Crippen molar-refractivity contribution >= 4 is 11.2 Å². The fraction of sp³-hybridized carbons (Fsp3) is 0.357. The highest BCUT2D eigenvalue weighted by Gasteiger charge is 2.16. The van der Waals surface area contributed by atoms with Gasteiger partial charge >= 0.3 is 5.69 Å². The van der Waals surface area contributed by atoms with Crippen LogP contribution >= 0.6 is 0 Å². The van der Waals surface area contributed by atoms with Crippen molar-refractivity contribution in [2.75, 3.05) is 0 Å². The Kier molecular flexibility index (Phi) is 3.25. The molecule has 0 bridgehead atoms. The third kappa shape index (κ3) is 2.10. The Hall–Kier alpha value is -2.57. The van der Waals surface area contributed by atoms with Gasteiger partial charge in [0.15, 0.2) is 5.65 Å². The predicted molar refractivity (Wildman–Crippen MR) is 78.3 cm³/mol. The van der Waals surface area contributed by atoms with E-state index in [1.165, 1.54) is 4.57 Å². The van der Waals surface area contributed by atoms with Gasteiger partial charge in [0.1, 0.15) is 17.1 Å². The van der Waals surface area contributed by atoms with Gasteiger partial charge in [-0.1, -0.05) is 13.8 Å². The molecular formula is C14H16N4O3. The summed E-state index contributed by atoms with van der Waals surface area (Å²) in [5, 5.41) is 0. The fourth-order valence-electron chi connectivity index (χ4n) is 2.42. The van der Waals surface area contributed by atoms with Crippen molar-refractivity contribution in [2.45, 2.75) is 33.2 Å². The molecule has 0 aliphatic heterocycles. The van der Waals surface area contributed by atoms with Gasteiger partial charge in [0.05, 0.1) is 11.8 Å². The number of aromatic nitrogens is 4. The van der Waals surface area contributed by atoms with Crippen LogP contribution in [0.3, 0.4) is 0 Å². The van der Waals surface area contributed by atoms with Gasteiger partial charge in [-0.25, -0.2) is 9.78 Å². The highest BCUT2D eigenvalue weighted by molar-refractivity contribution is 5.75. The average Bonchev–Trinajstić information content (AvgIpc) is 3.09. The quantitative estimate of drug-likeness (QED) is 0.762. The van der Waals surface area contributed by atoms with Crippen LogP contribution in [-0.2, 0) is 13.0 Å². The van der Waals surface area contributed by atoms with Crippen LogP contribution in [0.5, 0.6) is 0 Å². The summed E-state index contributed by atoms with van der Waals surface area (Å²) in [5.41, 5.74) is 0.603. The van der Waals surface area contributed by atoms with Crippen LogP contribution in [0, 0.1) is 0 Å². The van der Waals surface area contributed by atoms with E-state index >= 15 is 0 Å². The lowest BCUT2D eigenvalue weighted by Crippen LogP contribution is -2.30. The Bertz CT molecular complexity index is 897. The molecule has 0 unspecified atom stereocenters. The minimum atomic E-state index is -0.456. The van der Waals surface area contributed by atoms with Crippen LogP contribution in [0.2, 0.25) is 0 Å². The molecule has 0 saturated heterocycles. The molecule has 110 valence electrons. The van der Waals surface area contributed by atoms with Crippen LogP contribution in [0.25, 0.3) is 22.6 Å². The Morgan fingerprint density at radius 2 is 2.10 bits per heavy atom.